The van der Waals surface area contributed by atoms with Crippen LogP contribution in [0.25, 0.3) is 0 Å². The summed E-state index contributed by atoms with van der Waals surface area (Å²) in [5.41, 5.74) is 6.34. The van der Waals surface area contributed by atoms with Gasteiger partial charge in [0, 0.05) is 11.4 Å². The summed E-state index contributed by atoms with van der Waals surface area (Å²) >= 11 is 1.33. The molecule has 0 radical (unpaired) electrons. The molecule has 10 heteroatoms. The number of carbonyl (C=O) groups is 2. The van der Waals surface area contributed by atoms with Gasteiger partial charge in [-0.25, -0.2) is 9.59 Å². The maximum absolute atomic E-state index is 12.9. The number of esters is 1. The summed E-state index contributed by atoms with van der Waals surface area (Å²) in [6, 6.07) is 10.8. The third-order valence-electron chi connectivity index (χ3n) is 5.15. The highest BCUT2D eigenvalue weighted by atomic mass is 32.1. The molecular formula is C23H26N4O5S. The number of nitrogens with one attached hydrogen (secondary N) is 1. The Morgan fingerprint density at radius 1 is 1.18 bits per heavy atom. The van der Waals surface area contributed by atoms with Crippen molar-refractivity contribution in [2.45, 2.75) is 33.7 Å². The molecule has 0 spiro atoms. The number of H-pyrrole nitrogens is 1. The highest BCUT2D eigenvalue weighted by molar-refractivity contribution is 7.14. The zero-order valence-electron chi connectivity index (χ0n) is 18.7. The Hall–Kier alpha value is -3.66. The van der Waals surface area contributed by atoms with Crippen LogP contribution in [-0.4, -0.2) is 34.6 Å². The molecule has 3 N–H and O–H groups in total. The summed E-state index contributed by atoms with van der Waals surface area (Å²) in [4.78, 5) is 55.0. The Morgan fingerprint density at radius 3 is 2.48 bits per heavy atom. The van der Waals surface area contributed by atoms with Crippen molar-refractivity contribution in [1.82, 2.24) is 9.55 Å². The highest BCUT2D eigenvalue weighted by Gasteiger charge is 2.24. The van der Waals surface area contributed by atoms with E-state index in [1.54, 1.807) is 13.0 Å². The highest BCUT2D eigenvalue weighted by Crippen LogP contribution is 2.23. The average Bonchev–Trinajstić information content (AvgIpc) is 3.19. The number of likely N-dealkylation sites (N-methyl/N-ethyl adjacent to an activating group) is 1. The molecule has 0 bridgehead atoms. The molecule has 1 aromatic carbocycles. The monoisotopic (exact) mass is 470 g/mol. The number of nitrogens with two attached hydrogens (primary N) is 1. The SMILES string of the molecule is CCc1sc(C(=O)OCC(=O)N(CC)c2c(N)n(Cc3ccccc3)c(=O)[nH]c2=O)cc1C. The molecule has 0 atom stereocenters. The van der Waals surface area contributed by atoms with E-state index in [0.29, 0.717) is 4.88 Å². The number of ether oxygens (including phenoxy) is 1. The maximum Gasteiger partial charge on any atom is 0.348 e. The van der Waals surface area contributed by atoms with Crippen LogP contribution in [0.1, 0.15) is 39.5 Å². The van der Waals surface area contributed by atoms with Gasteiger partial charge in [-0.3, -0.25) is 19.1 Å². The number of amides is 1. The second kappa shape index (κ2) is 10.3. The van der Waals surface area contributed by atoms with E-state index < -0.39 is 29.7 Å². The minimum absolute atomic E-state index is 0.0886. The van der Waals surface area contributed by atoms with Gasteiger partial charge in [-0.1, -0.05) is 37.3 Å². The average molecular weight is 471 g/mol. The quantitative estimate of drug-likeness (QED) is 0.486. The molecule has 0 aliphatic rings. The molecule has 0 saturated carbocycles. The van der Waals surface area contributed by atoms with E-state index in [1.807, 2.05) is 44.2 Å². The van der Waals surface area contributed by atoms with Crippen molar-refractivity contribution in [3.63, 3.8) is 0 Å². The summed E-state index contributed by atoms with van der Waals surface area (Å²) in [7, 11) is 0. The van der Waals surface area contributed by atoms with Crippen molar-refractivity contribution < 1.29 is 14.3 Å². The zero-order chi connectivity index (χ0) is 24.1. The van der Waals surface area contributed by atoms with E-state index in [1.165, 1.54) is 15.9 Å². The van der Waals surface area contributed by atoms with Gasteiger partial charge >= 0.3 is 11.7 Å². The van der Waals surface area contributed by atoms with Gasteiger partial charge in [0.2, 0.25) is 0 Å². The number of nitrogens with zero attached hydrogens (tertiary/aromatic N) is 2. The molecule has 9 nitrogen and oxygen atoms in total. The van der Waals surface area contributed by atoms with Crippen LogP contribution in [0.3, 0.4) is 0 Å². The third-order valence-corrected chi connectivity index (χ3v) is 6.52. The van der Waals surface area contributed by atoms with Gasteiger partial charge in [0.05, 0.1) is 6.54 Å². The second-order valence-electron chi connectivity index (χ2n) is 7.35. The van der Waals surface area contributed by atoms with Crippen molar-refractivity contribution in [2.75, 3.05) is 23.8 Å². The van der Waals surface area contributed by atoms with E-state index in [9.17, 15) is 19.2 Å². The Labute approximate surface area is 194 Å². The number of aromatic nitrogens is 2. The molecular weight excluding hydrogens is 444 g/mol. The van der Waals surface area contributed by atoms with E-state index in [0.717, 1.165) is 27.3 Å². The van der Waals surface area contributed by atoms with Gasteiger partial charge in [-0.05, 0) is 37.5 Å². The van der Waals surface area contributed by atoms with Crippen LogP contribution in [0.2, 0.25) is 0 Å². The Balaban J connectivity index is 1.83. The maximum atomic E-state index is 12.9. The van der Waals surface area contributed by atoms with Gasteiger partial charge in [0.25, 0.3) is 11.5 Å². The number of nitrogen functional groups attached to an aromatic ring is 1. The minimum Gasteiger partial charge on any atom is -0.451 e. The van der Waals surface area contributed by atoms with Gasteiger partial charge in [0.1, 0.15) is 10.7 Å². The van der Waals surface area contributed by atoms with E-state index in [4.69, 9.17) is 10.5 Å². The smallest absolute Gasteiger partial charge is 0.348 e. The van der Waals surface area contributed by atoms with Gasteiger partial charge in [-0.15, -0.1) is 11.3 Å². The molecule has 33 heavy (non-hydrogen) atoms. The van der Waals surface area contributed by atoms with Crippen molar-refractivity contribution in [1.29, 1.82) is 0 Å². The van der Waals surface area contributed by atoms with Gasteiger partial charge in [-0.2, -0.15) is 0 Å². The van der Waals surface area contributed by atoms with Crippen molar-refractivity contribution in [2.24, 2.45) is 0 Å². The first-order valence-corrected chi connectivity index (χ1v) is 11.3. The second-order valence-corrected chi connectivity index (χ2v) is 8.49. The van der Waals surface area contributed by atoms with Crippen LogP contribution in [0.5, 0.6) is 0 Å². The van der Waals surface area contributed by atoms with E-state index in [2.05, 4.69) is 4.98 Å². The zero-order valence-corrected chi connectivity index (χ0v) is 19.5. The number of rotatable bonds is 8. The predicted molar refractivity (Wildman–Crippen MR) is 128 cm³/mol. The fraction of sp³-hybridized carbons (Fsp3) is 0.304. The first kappa shape index (κ1) is 24.0. The minimum atomic E-state index is -0.787. The molecule has 0 aliphatic carbocycles. The topological polar surface area (TPSA) is 127 Å². The molecule has 174 valence electrons. The number of hydrogen-bond acceptors (Lipinski definition) is 7. The van der Waals surface area contributed by atoms with Gasteiger partial charge in [0.15, 0.2) is 12.3 Å². The summed E-state index contributed by atoms with van der Waals surface area (Å²) in [6.07, 6.45) is 0.799. The summed E-state index contributed by atoms with van der Waals surface area (Å²) < 4.78 is 6.38. The van der Waals surface area contributed by atoms with Crippen LogP contribution in [0.4, 0.5) is 11.5 Å². The first-order valence-electron chi connectivity index (χ1n) is 10.5. The number of thiophene rings is 1. The summed E-state index contributed by atoms with van der Waals surface area (Å²) in [5.74, 6) is -1.38. The molecule has 2 aromatic heterocycles. The van der Waals surface area contributed by atoms with Crippen LogP contribution in [0, 0.1) is 6.92 Å². The Kier molecular flexibility index (Phi) is 7.49. The lowest BCUT2D eigenvalue weighted by atomic mass is 10.2. The number of aryl methyl sites for hydroxylation is 2. The van der Waals surface area contributed by atoms with Crippen LogP contribution < -0.4 is 21.9 Å². The number of aromatic amines is 1. The number of benzene rings is 1. The molecule has 0 saturated heterocycles. The molecule has 1 amide bonds. The number of hydrogen-bond donors (Lipinski definition) is 2. The molecule has 0 fully saturated rings. The lowest BCUT2D eigenvalue weighted by Crippen LogP contribution is -2.42. The van der Waals surface area contributed by atoms with E-state index >= 15 is 0 Å². The number of carbonyl (C=O) groups excluding carboxylic acids is 2. The molecule has 0 unspecified atom stereocenters. The summed E-state index contributed by atoms with van der Waals surface area (Å²) in [5, 5.41) is 0. The van der Waals surface area contributed by atoms with E-state index in [-0.39, 0.29) is 24.6 Å². The van der Waals surface area contributed by atoms with Crippen molar-refractivity contribution in [3.05, 3.63) is 78.1 Å². The normalized spacial score (nSPS) is 10.8. The van der Waals surface area contributed by atoms with Gasteiger partial charge < -0.3 is 15.4 Å². The van der Waals surface area contributed by atoms with Crippen molar-refractivity contribution in [3.8, 4) is 0 Å². The molecule has 0 aliphatic heterocycles. The first-order chi connectivity index (χ1) is 15.8. The Morgan fingerprint density at radius 2 is 1.88 bits per heavy atom. The predicted octanol–water partition coefficient (Wildman–Crippen LogP) is 2.31. The molecule has 3 rings (SSSR count). The molecule has 3 aromatic rings. The van der Waals surface area contributed by atoms with Crippen LogP contribution in [0.15, 0.2) is 46.0 Å². The van der Waals surface area contributed by atoms with Crippen LogP contribution >= 0.6 is 11.3 Å². The largest absolute Gasteiger partial charge is 0.451 e. The Bertz CT molecular complexity index is 1280. The lowest BCUT2D eigenvalue weighted by molar-refractivity contribution is -0.121. The lowest BCUT2D eigenvalue weighted by Gasteiger charge is -2.23. The standard InChI is InChI=1S/C23H26N4O5S/c1-4-16-14(3)11-17(33-16)22(30)32-13-18(28)26(5-2)19-20(24)27(23(31)25-21(19)29)12-15-9-7-6-8-10-15/h6-11H,4-5,12-13,24H2,1-3H3,(H,25,29,31). The third kappa shape index (κ3) is 5.23. The van der Waals surface area contributed by atoms with Crippen molar-refractivity contribution >= 4 is 34.7 Å². The van der Waals surface area contributed by atoms with Crippen LogP contribution in [-0.2, 0) is 22.5 Å². The fourth-order valence-electron chi connectivity index (χ4n) is 3.47. The fourth-order valence-corrected chi connectivity index (χ4v) is 4.48. The molecule has 2 heterocycles. The summed E-state index contributed by atoms with van der Waals surface area (Å²) in [6.45, 7) is 5.20. The number of anilines is 2.